The molecular formula is C31H34ClFN4O. The van der Waals surface area contributed by atoms with Crippen LogP contribution in [0.4, 0.5) is 10.2 Å². The van der Waals surface area contributed by atoms with Crippen LogP contribution in [0.25, 0.3) is 10.9 Å². The number of carbonyl (C=O) groups excluding carboxylic acids is 1. The number of anilines is 1. The summed E-state index contributed by atoms with van der Waals surface area (Å²) in [7, 11) is 0. The van der Waals surface area contributed by atoms with Crippen molar-refractivity contribution in [3.8, 4) is 0 Å². The third-order valence-electron chi connectivity index (χ3n) is 8.14. The topological polar surface area (TPSA) is 41.4 Å². The Kier molecular flexibility index (Phi) is 7.44. The summed E-state index contributed by atoms with van der Waals surface area (Å²) in [5.41, 5.74) is 7.60. The molecule has 0 atom stereocenters. The molecule has 4 heterocycles. The molecule has 6 rings (SSSR count). The second kappa shape index (κ2) is 10.8. The van der Waals surface area contributed by atoms with Crippen molar-refractivity contribution in [2.24, 2.45) is 0 Å². The Morgan fingerprint density at radius 1 is 0.947 bits per heavy atom. The zero-order valence-electron chi connectivity index (χ0n) is 22.0. The molecule has 0 N–H and O–H groups in total. The van der Waals surface area contributed by atoms with E-state index >= 15 is 0 Å². The quantitative estimate of drug-likeness (QED) is 0.303. The maximum atomic E-state index is 13.6. The summed E-state index contributed by atoms with van der Waals surface area (Å²) >= 11 is 0. The van der Waals surface area contributed by atoms with Crippen LogP contribution >= 0.6 is 12.4 Å². The number of pyridine rings is 1. The van der Waals surface area contributed by atoms with Crippen LogP contribution in [0.5, 0.6) is 0 Å². The van der Waals surface area contributed by atoms with Crippen molar-refractivity contribution < 1.29 is 9.18 Å². The van der Waals surface area contributed by atoms with Crippen molar-refractivity contribution >= 4 is 35.0 Å². The minimum Gasteiger partial charge on any atom is -0.350 e. The van der Waals surface area contributed by atoms with Crippen LogP contribution in [-0.4, -0.2) is 40.0 Å². The molecule has 1 fully saturated rings. The predicted octanol–water partition coefficient (Wildman–Crippen LogP) is 6.45. The summed E-state index contributed by atoms with van der Waals surface area (Å²) < 4.78 is 15.9. The van der Waals surface area contributed by atoms with Gasteiger partial charge in [0, 0.05) is 43.8 Å². The maximum Gasteiger partial charge on any atom is 0.272 e. The molecule has 2 aliphatic rings. The van der Waals surface area contributed by atoms with Crippen molar-refractivity contribution in [2.75, 3.05) is 24.5 Å². The van der Waals surface area contributed by atoms with E-state index in [2.05, 4.69) is 47.6 Å². The number of aromatic nitrogens is 2. The van der Waals surface area contributed by atoms with Crippen LogP contribution in [0.3, 0.4) is 0 Å². The van der Waals surface area contributed by atoms with E-state index < -0.39 is 0 Å². The lowest BCUT2D eigenvalue weighted by atomic mass is 9.99. The Hall–Kier alpha value is -3.38. The Morgan fingerprint density at radius 2 is 1.66 bits per heavy atom. The highest BCUT2D eigenvalue weighted by Gasteiger charge is 2.27. The van der Waals surface area contributed by atoms with Gasteiger partial charge in [0.1, 0.15) is 11.5 Å². The lowest BCUT2D eigenvalue weighted by Gasteiger charge is -2.31. The number of benzene rings is 2. The molecule has 2 aliphatic heterocycles. The van der Waals surface area contributed by atoms with Gasteiger partial charge < -0.3 is 14.4 Å². The molecule has 0 bridgehead atoms. The summed E-state index contributed by atoms with van der Waals surface area (Å²) in [4.78, 5) is 23.0. The fourth-order valence-corrected chi connectivity index (χ4v) is 5.88. The Balaban J connectivity index is 0.00000294. The second-order valence-electron chi connectivity index (χ2n) is 10.4. The summed E-state index contributed by atoms with van der Waals surface area (Å²) in [6.07, 6.45) is 4.23. The monoisotopic (exact) mass is 532 g/mol. The number of hydrogen-bond acceptors (Lipinski definition) is 3. The summed E-state index contributed by atoms with van der Waals surface area (Å²) in [5.74, 6) is 0.665. The molecule has 4 aromatic rings. The molecular weight excluding hydrogens is 499 g/mol. The van der Waals surface area contributed by atoms with Gasteiger partial charge in [-0.05, 0) is 80.0 Å². The summed E-state index contributed by atoms with van der Waals surface area (Å²) in [6.45, 7) is 8.08. The van der Waals surface area contributed by atoms with E-state index in [1.165, 1.54) is 29.7 Å². The molecule has 0 spiro atoms. The van der Waals surface area contributed by atoms with Crippen LogP contribution in [0.1, 0.15) is 57.7 Å². The molecule has 1 amide bonds. The largest absolute Gasteiger partial charge is 0.350 e. The maximum absolute atomic E-state index is 13.6. The number of nitrogens with zero attached hydrogens (tertiary/aromatic N) is 4. The highest BCUT2D eigenvalue weighted by atomic mass is 35.5. The highest BCUT2D eigenvalue weighted by molar-refractivity contribution is 6.01. The van der Waals surface area contributed by atoms with Crippen LogP contribution in [-0.2, 0) is 19.5 Å². The first-order chi connectivity index (χ1) is 18.0. The minimum absolute atomic E-state index is 0. The average molecular weight is 533 g/mol. The Bertz CT molecular complexity index is 1470. The van der Waals surface area contributed by atoms with Crippen LogP contribution in [0.2, 0.25) is 0 Å². The molecule has 5 nitrogen and oxygen atoms in total. The molecule has 198 valence electrons. The smallest absolute Gasteiger partial charge is 0.272 e. The molecule has 1 saturated heterocycles. The van der Waals surface area contributed by atoms with Crippen LogP contribution in [0.15, 0.2) is 54.6 Å². The van der Waals surface area contributed by atoms with Gasteiger partial charge in [-0.1, -0.05) is 36.4 Å². The first-order valence-corrected chi connectivity index (χ1v) is 13.4. The summed E-state index contributed by atoms with van der Waals surface area (Å²) in [6, 6.07) is 17.3. The molecule has 2 aromatic heterocycles. The molecule has 2 aromatic carbocycles. The van der Waals surface area contributed by atoms with Gasteiger partial charge in [0.15, 0.2) is 5.82 Å². The molecule has 38 heavy (non-hydrogen) atoms. The van der Waals surface area contributed by atoms with E-state index in [1.807, 2.05) is 23.1 Å². The van der Waals surface area contributed by atoms with Gasteiger partial charge in [0.2, 0.25) is 0 Å². The standard InChI is InChI=1S/C31H33FN4O.ClH/c1-21-22(2)36(19-23-10-12-26(32)13-11-23)29-27(21)18-28(31(37)34-15-6-3-7-16-34)33-30(29)35-17-14-24-8-4-5-9-25(24)20-35;/h4-5,8-13,18H,3,6-7,14-17,19-20H2,1-2H3;1H. The molecule has 7 heteroatoms. The number of aryl methyl sites for hydroxylation is 1. The van der Waals surface area contributed by atoms with E-state index in [-0.39, 0.29) is 24.1 Å². The lowest BCUT2D eigenvalue weighted by molar-refractivity contribution is 0.0718. The van der Waals surface area contributed by atoms with Gasteiger partial charge in [-0.15, -0.1) is 12.4 Å². The number of piperidine rings is 1. The van der Waals surface area contributed by atoms with Gasteiger partial charge in [-0.25, -0.2) is 9.37 Å². The number of rotatable bonds is 4. The zero-order valence-corrected chi connectivity index (χ0v) is 22.9. The van der Waals surface area contributed by atoms with Gasteiger partial charge in [-0.2, -0.15) is 0 Å². The number of halogens is 2. The molecule has 0 aliphatic carbocycles. The summed E-state index contributed by atoms with van der Waals surface area (Å²) in [5, 5.41) is 1.07. The second-order valence-corrected chi connectivity index (χ2v) is 10.4. The average Bonchev–Trinajstić information content (AvgIpc) is 3.18. The van der Waals surface area contributed by atoms with Gasteiger partial charge in [0.05, 0.1) is 5.52 Å². The number of carbonyl (C=O) groups is 1. The molecule has 0 radical (unpaired) electrons. The van der Waals surface area contributed by atoms with Crippen LogP contribution in [0, 0.1) is 19.7 Å². The molecule has 0 saturated carbocycles. The Morgan fingerprint density at radius 3 is 2.39 bits per heavy atom. The first-order valence-electron chi connectivity index (χ1n) is 13.4. The third-order valence-corrected chi connectivity index (χ3v) is 8.14. The van der Waals surface area contributed by atoms with Crippen molar-refractivity contribution in [3.63, 3.8) is 0 Å². The van der Waals surface area contributed by atoms with E-state index in [4.69, 9.17) is 4.98 Å². The van der Waals surface area contributed by atoms with Crippen molar-refractivity contribution in [1.82, 2.24) is 14.5 Å². The van der Waals surface area contributed by atoms with Crippen molar-refractivity contribution in [1.29, 1.82) is 0 Å². The van der Waals surface area contributed by atoms with E-state index in [1.54, 1.807) is 0 Å². The first kappa shape index (κ1) is 26.2. The SMILES string of the molecule is Cc1c(C)n(Cc2ccc(F)cc2)c2c(N3CCc4ccccc4C3)nc(C(=O)N3CCCCC3)cc12.Cl. The fourth-order valence-electron chi connectivity index (χ4n) is 5.88. The molecule has 0 unspecified atom stereocenters. The van der Waals surface area contributed by atoms with Crippen molar-refractivity contribution in [3.05, 3.63) is 94.1 Å². The lowest BCUT2D eigenvalue weighted by Crippen LogP contribution is -2.37. The number of fused-ring (bicyclic) bond motifs is 2. The number of likely N-dealkylation sites (tertiary alicyclic amines) is 1. The fraction of sp³-hybridized carbons (Fsp3) is 0.355. The normalized spacial score (nSPS) is 15.3. The van der Waals surface area contributed by atoms with Gasteiger partial charge in [-0.3, -0.25) is 4.79 Å². The highest BCUT2D eigenvalue weighted by Crippen LogP contribution is 2.36. The number of amides is 1. The minimum atomic E-state index is -0.232. The predicted molar refractivity (Wildman–Crippen MR) is 153 cm³/mol. The number of hydrogen-bond donors (Lipinski definition) is 0. The van der Waals surface area contributed by atoms with Gasteiger partial charge >= 0.3 is 0 Å². The Labute approximate surface area is 229 Å². The zero-order chi connectivity index (χ0) is 25.5. The third kappa shape index (κ3) is 4.78. The van der Waals surface area contributed by atoms with E-state index in [0.717, 1.165) is 79.0 Å². The van der Waals surface area contributed by atoms with Crippen molar-refractivity contribution in [2.45, 2.75) is 52.6 Å². The van der Waals surface area contributed by atoms with E-state index in [9.17, 15) is 9.18 Å². The van der Waals surface area contributed by atoms with E-state index in [0.29, 0.717) is 12.2 Å². The van der Waals surface area contributed by atoms with Gasteiger partial charge in [0.25, 0.3) is 5.91 Å². The van der Waals surface area contributed by atoms with Crippen LogP contribution < -0.4 is 4.90 Å².